The molecule has 1 N–H and O–H groups in total. The summed E-state index contributed by atoms with van der Waals surface area (Å²) in [6.45, 7) is 7.19. The maximum Gasteiger partial charge on any atom is 0.255 e. The Hall–Kier alpha value is -2.71. The third-order valence-corrected chi connectivity index (χ3v) is 9.28. The van der Waals surface area contributed by atoms with Crippen LogP contribution in [0.5, 0.6) is 0 Å². The molecule has 2 saturated heterocycles. The van der Waals surface area contributed by atoms with Crippen LogP contribution < -0.4 is 5.32 Å². The van der Waals surface area contributed by atoms with Crippen LogP contribution in [0.25, 0.3) is 0 Å². The monoisotopic (exact) mass is 497 g/mol. The summed E-state index contributed by atoms with van der Waals surface area (Å²) >= 11 is 0. The van der Waals surface area contributed by atoms with Crippen LogP contribution in [0.15, 0.2) is 47.4 Å². The Morgan fingerprint density at radius 2 is 1.49 bits per heavy atom. The zero-order valence-electron chi connectivity index (χ0n) is 20.8. The van der Waals surface area contributed by atoms with Crippen molar-refractivity contribution >= 4 is 27.5 Å². The number of sulfonamides is 1. The molecule has 2 atom stereocenters. The first-order valence-corrected chi connectivity index (χ1v) is 14.0. The van der Waals surface area contributed by atoms with Crippen molar-refractivity contribution in [3.05, 3.63) is 59.2 Å². The molecule has 2 fully saturated rings. The highest BCUT2D eigenvalue weighted by atomic mass is 32.2. The predicted molar refractivity (Wildman–Crippen MR) is 137 cm³/mol. The van der Waals surface area contributed by atoms with Gasteiger partial charge in [0, 0.05) is 42.0 Å². The van der Waals surface area contributed by atoms with Gasteiger partial charge in [0.05, 0.1) is 4.90 Å². The van der Waals surface area contributed by atoms with Gasteiger partial charge in [-0.1, -0.05) is 6.42 Å². The van der Waals surface area contributed by atoms with Gasteiger partial charge < -0.3 is 10.2 Å². The number of anilines is 1. The number of hydrogen-bond donors (Lipinski definition) is 1. The Morgan fingerprint density at radius 1 is 0.857 bits per heavy atom. The zero-order chi connectivity index (χ0) is 25.2. The van der Waals surface area contributed by atoms with Crippen LogP contribution in [0.3, 0.4) is 0 Å². The maximum atomic E-state index is 13.0. The van der Waals surface area contributed by atoms with Crippen LogP contribution in [0.2, 0.25) is 0 Å². The van der Waals surface area contributed by atoms with Gasteiger partial charge in [-0.15, -0.1) is 0 Å². The minimum absolute atomic E-state index is 0.0207. The molecule has 35 heavy (non-hydrogen) atoms. The summed E-state index contributed by atoms with van der Waals surface area (Å²) in [5, 5.41) is 2.89. The van der Waals surface area contributed by atoms with E-state index in [4.69, 9.17) is 0 Å². The summed E-state index contributed by atoms with van der Waals surface area (Å²) in [7, 11) is -3.58. The van der Waals surface area contributed by atoms with E-state index in [0.29, 0.717) is 23.4 Å². The fourth-order valence-corrected chi connectivity index (χ4v) is 6.74. The van der Waals surface area contributed by atoms with Gasteiger partial charge in [-0.2, -0.15) is 4.31 Å². The normalized spacial score (nSPS) is 21.5. The van der Waals surface area contributed by atoms with E-state index in [0.717, 1.165) is 50.6 Å². The van der Waals surface area contributed by atoms with Gasteiger partial charge in [0.25, 0.3) is 11.8 Å². The Bertz CT molecular complexity index is 1190. The number of likely N-dealkylation sites (tertiary alicyclic amines) is 1. The van der Waals surface area contributed by atoms with Crippen LogP contribution in [0, 0.1) is 6.92 Å². The lowest BCUT2D eigenvalue weighted by molar-refractivity contribution is 0.0635. The summed E-state index contributed by atoms with van der Waals surface area (Å²) < 4.78 is 27.6. The highest BCUT2D eigenvalue weighted by molar-refractivity contribution is 7.89. The molecule has 188 valence electrons. The van der Waals surface area contributed by atoms with Crippen molar-refractivity contribution in [2.75, 3.05) is 18.4 Å². The highest BCUT2D eigenvalue weighted by Gasteiger charge is 2.31. The summed E-state index contributed by atoms with van der Waals surface area (Å²) in [6.07, 6.45) is 5.97. The molecule has 2 aliphatic rings. The number of aryl methyl sites for hydroxylation is 1. The van der Waals surface area contributed by atoms with E-state index in [9.17, 15) is 18.0 Å². The standard InChI is InChI=1S/C27H35N3O4S/c1-19-18-23(27(32)29-16-6-4-8-20(29)2)12-15-25(19)28-26(31)22-10-13-24(14-11-22)35(33,34)30-17-7-5-9-21(30)3/h10-15,18,20-21H,4-9,16-17H2,1-3H3,(H,28,31). The Balaban J connectivity index is 1.44. The van der Waals surface area contributed by atoms with E-state index in [1.807, 2.05) is 24.8 Å². The van der Waals surface area contributed by atoms with Crippen molar-refractivity contribution < 1.29 is 18.0 Å². The van der Waals surface area contributed by atoms with E-state index in [1.54, 1.807) is 28.6 Å². The average molecular weight is 498 g/mol. The number of rotatable bonds is 5. The van der Waals surface area contributed by atoms with Crippen molar-refractivity contribution in [3.8, 4) is 0 Å². The smallest absolute Gasteiger partial charge is 0.255 e. The third kappa shape index (κ3) is 5.43. The zero-order valence-corrected chi connectivity index (χ0v) is 21.6. The van der Waals surface area contributed by atoms with E-state index in [-0.39, 0.29) is 28.8 Å². The number of nitrogens with one attached hydrogen (secondary N) is 1. The van der Waals surface area contributed by atoms with Crippen molar-refractivity contribution in [2.45, 2.75) is 76.3 Å². The molecular weight excluding hydrogens is 462 g/mol. The predicted octanol–water partition coefficient (Wildman–Crippen LogP) is 4.83. The molecule has 2 unspecified atom stereocenters. The van der Waals surface area contributed by atoms with E-state index >= 15 is 0 Å². The van der Waals surface area contributed by atoms with Crippen molar-refractivity contribution in [3.63, 3.8) is 0 Å². The first-order chi connectivity index (χ1) is 16.7. The lowest BCUT2D eigenvalue weighted by Crippen LogP contribution is -2.42. The minimum Gasteiger partial charge on any atom is -0.336 e. The van der Waals surface area contributed by atoms with E-state index < -0.39 is 10.0 Å². The molecule has 2 heterocycles. The number of hydrogen-bond acceptors (Lipinski definition) is 4. The molecule has 2 aliphatic heterocycles. The summed E-state index contributed by atoms with van der Waals surface area (Å²) in [5.41, 5.74) is 2.41. The molecular formula is C27H35N3O4S. The van der Waals surface area contributed by atoms with Gasteiger partial charge in [0.15, 0.2) is 0 Å². The van der Waals surface area contributed by atoms with Gasteiger partial charge in [-0.25, -0.2) is 8.42 Å². The number of carbonyl (C=O) groups is 2. The number of carbonyl (C=O) groups excluding carboxylic acids is 2. The molecule has 2 aromatic rings. The lowest BCUT2D eigenvalue weighted by Gasteiger charge is -2.33. The Morgan fingerprint density at radius 3 is 2.11 bits per heavy atom. The second-order valence-corrected chi connectivity index (χ2v) is 11.7. The largest absolute Gasteiger partial charge is 0.336 e. The van der Waals surface area contributed by atoms with E-state index in [1.165, 1.54) is 12.1 Å². The van der Waals surface area contributed by atoms with Crippen LogP contribution in [-0.4, -0.2) is 54.6 Å². The van der Waals surface area contributed by atoms with Crippen LogP contribution in [0.4, 0.5) is 5.69 Å². The van der Waals surface area contributed by atoms with E-state index in [2.05, 4.69) is 12.2 Å². The summed E-state index contributed by atoms with van der Waals surface area (Å²) in [5.74, 6) is -0.301. The lowest BCUT2D eigenvalue weighted by atomic mass is 10.0. The molecule has 0 bridgehead atoms. The molecule has 4 rings (SSSR count). The van der Waals surface area contributed by atoms with Gasteiger partial charge in [-0.05, 0) is 101 Å². The van der Waals surface area contributed by atoms with Gasteiger partial charge >= 0.3 is 0 Å². The SMILES string of the molecule is Cc1cc(C(=O)N2CCCCC2C)ccc1NC(=O)c1ccc(S(=O)(=O)N2CCCCC2C)cc1. The Labute approximate surface area is 208 Å². The molecule has 2 amide bonds. The second kappa shape index (κ2) is 10.5. The molecule has 0 aromatic heterocycles. The number of amides is 2. The molecule has 7 nitrogen and oxygen atoms in total. The van der Waals surface area contributed by atoms with Crippen molar-refractivity contribution in [1.29, 1.82) is 0 Å². The summed E-state index contributed by atoms with van der Waals surface area (Å²) in [6, 6.07) is 11.6. The van der Waals surface area contributed by atoms with Crippen molar-refractivity contribution in [1.82, 2.24) is 9.21 Å². The number of nitrogens with zero attached hydrogens (tertiary/aromatic N) is 2. The van der Waals surface area contributed by atoms with Gasteiger partial charge in [0.2, 0.25) is 10.0 Å². The molecule has 0 spiro atoms. The molecule has 8 heteroatoms. The fraction of sp³-hybridized carbons (Fsp3) is 0.481. The average Bonchev–Trinajstić information content (AvgIpc) is 2.85. The topological polar surface area (TPSA) is 86.8 Å². The number of piperidine rings is 2. The summed E-state index contributed by atoms with van der Waals surface area (Å²) in [4.78, 5) is 27.9. The molecule has 0 saturated carbocycles. The molecule has 0 radical (unpaired) electrons. The second-order valence-electron chi connectivity index (χ2n) is 9.81. The van der Waals surface area contributed by atoms with Crippen LogP contribution in [0.1, 0.15) is 78.7 Å². The number of benzene rings is 2. The van der Waals surface area contributed by atoms with Crippen LogP contribution in [-0.2, 0) is 10.0 Å². The van der Waals surface area contributed by atoms with Crippen LogP contribution >= 0.6 is 0 Å². The molecule has 0 aliphatic carbocycles. The maximum absolute atomic E-state index is 13.0. The minimum atomic E-state index is -3.58. The highest BCUT2D eigenvalue weighted by Crippen LogP contribution is 2.26. The fourth-order valence-electron chi connectivity index (χ4n) is 5.04. The Kier molecular flexibility index (Phi) is 7.62. The first kappa shape index (κ1) is 25.4. The first-order valence-electron chi connectivity index (χ1n) is 12.5. The quantitative estimate of drug-likeness (QED) is 0.641. The third-order valence-electron chi connectivity index (χ3n) is 7.25. The van der Waals surface area contributed by atoms with Gasteiger partial charge in [0.1, 0.15) is 0 Å². The van der Waals surface area contributed by atoms with Crippen molar-refractivity contribution in [2.24, 2.45) is 0 Å². The molecule has 2 aromatic carbocycles. The van der Waals surface area contributed by atoms with Gasteiger partial charge in [-0.3, -0.25) is 9.59 Å².